The van der Waals surface area contributed by atoms with Crippen LogP contribution < -0.4 is 15.0 Å². The summed E-state index contributed by atoms with van der Waals surface area (Å²) in [6.07, 6.45) is 4.14. The molecular weight excluding hydrogens is 657 g/mol. The molecule has 1 aromatic heterocycles. The van der Waals surface area contributed by atoms with Gasteiger partial charge < -0.3 is 9.47 Å². The first kappa shape index (κ1) is 28.6. The molecule has 0 aliphatic rings. The molecule has 198 valence electrons. The first-order chi connectivity index (χ1) is 18.3. The van der Waals surface area contributed by atoms with Gasteiger partial charge in [0.1, 0.15) is 12.4 Å². The van der Waals surface area contributed by atoms with Crippen molar-refractivity contribution >= 4 is 72.2 Å². The van der Waals surface area contributed by atoms with E-state index < -0.39 is 0 Å². The van der Waals surface area contributed by atoms with E-state index in [-0.39, 0.29) is 12.2 Å². The number of halogens is 4. The Hall–Kier alpha value is -2.39. The van der Waals surface area contributed by atoms with Crippen LogP contribution in [0.5, 0.6) is 11.5 Å². The number of nitrogens with zero attached hydrogens (tertiary/aromatic N) is 3. The number of aromatic nitrogens is 2. The highest BCUT2D eigenvalue weighted by Gasteiger charge is 2.14. The Balaban J connectivity index is 1.68. The molecule has 0 bridgehead atoms. The molecule has 1 heterocycles. The van der Waals surface area contributed by atoms with Gasteiger partial charge in [-0.05, 0) is 77.3 Å². The number of hydrogen-bond donors (Lipinski definition) is 0. The van der Waals surface area contributed by atoms with Gasteiger partial charge in [0.15, 0.2) is 11.5 Å². The molecule has 4 aromatic rings. The van der Waals surface area contributed by atoms with E-state index in [4.69, 9.17) is 37.7 Å². The molecule has 38 heavy (non-hydrogen) atoms. The summed E-state index contributed by atoms with van der Waals surface area (Å²) in [6.45, 7) is 4.73. The summed E-state index contributed by atoms with van der Waals surface area (Å²) >= 11 is 19.2. The summed E-state index contributed by atoms with van der Waals surface area (Å²) < 4.78 is 14.8. The lowest BCUT2D eigenvalue weighted by atomic mass is 10.2. The second-order valence-electron chi connectivity index (χ2n) is 8.45. The second-order valence-corrected chi connectivity index (χ2v) is 11.0. The molecule has 0 aliphatic carbocycles. The molecule has 0 N–H and O–H groups in total. The monoisotopic (exact) mass is 679 g/mol. The summed E-state index contributed by atoms with van der Waals surface area (Å²) in [5.41, 5.74) is 2.02. The predicted molar refractivity (Wildman–Crippen MR) is 161 cm³/mol. The van der Waals surface area contributed by atoms with Crippen LogP contribution in [0.25, 0.3) is 10.9 Å². The molecule has 0 fully saturated rings. The van der Waals surface area contributed by atoms with Crippen LogP contribution in [0.3, 0.4) is 0 Å². The lowest BCUT2D eigenvalue weighted by Gasteiger charge is -2.14. The Bertz CT molecular complexity index is 1560. The van der Waals surface area contributed by atoms with Crippen LogP contribution in [0.4, 0.5) is 0 Å². The molecule has 0 unspecified atom stereocenters. The Morgan fingerprint density at radius 3 is 2.53 bits per heavy atom. The molecule has 10 heteroatoms. The SMILES string of the molecule is CCCCc1nc2ccc(Br)cc2c(=O)n1N=Cc1cc(OCC)c(OCc2ccc(Cl)c(Cl)c2)cc1Br. The number of hydrogen-bond acceptors (Lipinski definition) is 5. The van der Waals surface area contributed by atoms with Gasteiger partial charge in [-0.1, -0.05) is 58.5 Å². The van der Waals surface area contributed by atoms with Crippen LogP contribution in [-0.4, -0.2) is 22.5 Å². The van der Waals surface area contributed by atoms with Crippen molar-refractivity contribution in [3.8, 4) is 11.5 Å². The lowest BCUT2D eigenvalue weighted by Crippen LogP contribution is -2.22. The van der Waals surface area contributed by atoms with Crippen molar-refractivity contribution in [3.63, 3.8) is 0 Å². The van der Waals surface area contributed by atoms with Crippen molar-refractivity contribution in [1.82, 2.24) is 9.66 Å². The van der Waals surface area contributed by atoms with Crippen molar-refractivity contribution in [2.24, 2.45) is 5.10 Å². The summed E-state index contributed by atoms with van der Waals surface area (Å²) in [6, 6.07) is 14.5. The van der Waals surface area contributed by atoms with E-state index in [0.717, 1.165) is 32.9 Å². The van der Waals surface area contributed by atoms with Gasteiger partial charge in [0, 0.05) is 20.9 Å². The molecule has 0 aliphatic heterocycles. The fourth-order valence-electron chi connectivity index (χ4n) is 3.75. The minimum atomic E-state index is -0.221. The van der Waals surface area contributed by atoms with E-state index in [1.54, 1.807) is 24.4 Å². The van der Waals surface area contributed by atoms with E-state index in [1.807, 2.05) is 37.3 Å². The van der Waals surface area contributed by atoms with Crippen molar-refractivity contribution in [2.45, 2.75) is 39.7 Å². The van der Waals surface area contributed by atoms with Crippen LogP contribution in [0, 0.1) is 0 Å². The summed E-state index contributed by atoms with van der Waals surface area (Å²) in [4.78, 5) is 18.1. The van der Waals surface area contributed by atoms with Gasteiger partial charge in [0.2, 0.25) is 0 Å². The average Bonchev–Trinajstić information content (AvgIpc) is 2.90. The lowest BCUT2D eigenvalue weighted by molar-refractivity contribution is 0.269. The third kappa shape index (κ3) is 6.78. The average molecular weight is 682 g/mol. The van der Waals surface area contributed by atoms with Crippen LogP contribution in [0.1, 0.15) is 43.6 Å². The maximum atomic E-state index is 13.4. The van der Waals surface area contributed by atoms with Gasteiger partial charge >= 0.3 is 0 Å². The Kier molecular flexibility index (Phi) is 9.87. The molecule has 0 saturated carbocycles. The topological polar surface area (TPSA) is 65.7 Å². The molecule has 0 saturated heterocycles. The third-order valence-corrected chi connectivity index (χ3v) is 7.60. The largest absolute Gasteiger partial charge is 0.490 e. The zero-order valence-corrected chi connectivity index (χ0v) is 25.5. The minimum Gasteiger partial charge on any atom is -0.490 e. The van der Waals surface area contributed by atoms with Gasteiger partial charge in [-0.25, -0.2) is 4.98 Å². The fourth-order valence-corrected chi connectivity index (χ4v) is 4.86. The van der Waals surface area contributed by atoms with Crippen molar-refractivity contribution in [2.75, 3.05) is 6.61 Å². The molecule has 6 nitrogen and oxygen atoms in total. The van der Waals surface area contributed by atoms with Crippen molar-refractivity contribution in [1.29, 1.82) is 0 Å². The third-order valence-electron chi connectivity index (χ3n) is 5.68. The molecule has 4 rings (SSSR count). The van der Waals surface area contributed by atoms with Gasteiger partial charge in [-0.2, -0.15) is 9.78 Å². The van der Waals surface area contributed by atoms with E-state index in [0.29, 0.717) is 51.3 Å². The number of aryl methyl sites for hydroxylation is 1. The zero-order valence-electron chi connectivity index (χ0n) is 20.8. The fraction of sp³-hybridized carbons (Fsp3) is 0.250. The quantitative estimate of drug-likeness (QED) is 0.158. The standard InChI is InChI=1S/C28H25Br2Cl2N3O3/c1-3-5-6-27-34-24-10-8-19(29)13-20(24)28(36)35(27)33-15-18-12-25(37-4-2)26(14-21(18)30)38-16-17-7-9-22(31)23(32)11-17/h7-15H,3-6,16H2,1-2H3. The van der Waals surface area contributed by atoms with Gasteiger partial charge in [-0.15, -0.1) is 0 Å². The van der Waals surface area contributed by atoms with E-state index in [9.17, 15) is 4.79 Å². The van der Waals surface area contributed by atoms with Crippen LogP contribution in [0.15, 0.2) is 67.4 Å². The number of unbranched alkanes of at least 4 members (excludes halogenated alkanes) is 1. The normalized spacial score (nSPS) is 11.4. The molecule has 0 amide bonds. The molecular formula is C28H25Br2Cl2N3O3. The van der Waals surface area contributed by atoms with E-state index >= 15 is 0 Å². The summed E-state index contributed by atoms with van der Waals surface area (Å²) in [7, 11) is 0. The number of fused-ring (bicyclic) bond motifs is 1. The van der Waals surface area contributed by atoms with Crippen LogP contribution >= 0.6 is 55.1 Å². The smallest absolute Gasteiger partial charge is 0.282 e. The predicted octanol–water partition coefficient (Wildman–Crippen LogP) is 8.43. The molecule has 0 atom stereocenters. The zero-order chi connectivity index (χ0) is 27.2. The first-order valence-electron chi connectivity index (χ1n) is 12.1. The Morgan fingerprint density at radius 1 is 1.00 bits per heavy atom. The van der Waals surface area contributed by atoms with Crippen molar-refractivity contribution in [3.05, 3.63) is 94.8 Å². The highest BCUT2D eigenvalue weighted by Crippen LogP contribution is 2.34. The van der Waals surface area contributed by atoms with Crippen LogP contribution in [0.2, 0.25) is 10.0 Å². The first-order valence-corrected chi connectivity index (χ1v) is 14.4. The highest BCUT2D eigenvalue weighted by molar-refractivity contribution is 9.10. The van der Waals surface area contributed by atoms with Gasteiger partial charge in [-0.3, -0.25) is 4.79 Å². The summed E-state index contributed by atoms with van der Waals surface area (Å²) in [5, 5.41) is 6.01. The van der Waals surface area contributed by atoms with Crippen molar-refractivity contribution < 1.29 is 9.47 Å². The van der Waals surface area contributed by atoms with E-state index in [2.05, 4.69) is 43.9 Å². The number of rotatable bonds is 10. The number of ether oxygens (including phenoxy) is 2. The molecule has 0 spiro atoms. The second kappa shape index (κ2) is 13.1. The highest BCUT2D eigenvalue weighted by atomic mass is 79.9. The number of benzene rings is 3. The molecule has 3 aromatic carbocycles. The molecule has 0 radical (unpaired) electrons. The Labute approximate surface area is 247 Å². The maximum Gasteiger partial charge on any atom is 0.282 e. The van der Waals surface area contributed by atoms with Gasteiger partial charge in [0.25, 0.3) is 5.56 Å². The van der Waals surface area contributed by atoms with Crippen LogP contribution in [-0.2, 0) is 13.0 Å². The van der Waals surface area contributed by atoms with E-state index in [1.165, 1.54) is 4.68 Å². The minimum absolute atomic E-state index is 0.221. The summed E-state index contributed by atoms with van der Waals surface area (Å²) in [5.74, 6) is 1.72. The Morgan fingerprint density at radius 2 is 1.79 bits per heavy atom. The maximum absolute atomic E-state index is 13.4. The van der Waals surface area contributed by atoms with Gasteiger partial charge in [0.05, 0.1) is 33.8 Å².